The van der Waals surface area contributed by atoms with E-state index in [1.165, 1.54) is 30.4 Å². The molecule has 2 N–H and O–H groups in total. The third kappa shape index (κ3) is 5.01. The van der Waals surface area contributed by atoms with Crippen molar-refractivity contribution in [3.63, 3.8) is 0 Å². The van der Waals surface area contributed by atoms with E-state index >= 15 is 0 Å². The first-order chi connectivity index (χ1) is 13.0. The number of hydrogen-bond acceptors (Lipinski definition) is 3. The Balaban J connectivity index is 1.76. The molecule has 0 aliphatic rings. The highest BCUT2D eigenvalue weighted by Gasteiger charge is 2.19. The van der Waals surface area contributed by atoms with Crippen molar-refractivity contribution in [1.29, 1.82) is 0 Å². The molecule has 3 rings (SSSR count). The number of thiophene rings is 1. The van der Waals surface area contributed by atoms with Gasteiger partial charge in [0, 0.05) is 23.9 Å². The molecule has 6 heteroatoms. The number of carbonyl (C=O) groups is 2. The van der Waals surface area contributed by atoms with Crippen LogP contribution < -0.4 is 10.6 Å². The molecule has 1 unspecified atom stereocenters. The fraction of sp³-hybridized carbons (Fsp3) is 0.143. The van der Waals surface area contributed by atoms with Crippen LogP contribution in [0.15, 0.2) is 66.0 Å². The molecule has 0 radical (unpaired) electrons. The summed E-state index contributed by atoms with van der Waals surface area (Å²) in [7, 11) is 0. The van der Waals surface area contributed by atoms with Gasteiger partial charge in [0.25, 0.3) is 5.91 Å². The minimum absolute atomic E-state index is 0.102. The van der Waals surface area contributed by atoms with Gasteiger partial charge in [-0.3, -0.25) is 9.59 Å². The van der Waals surface area contributed by atoms with Crippen LogP contribution in [0.5, 0.6) is 0 Å². The van der Waals surface area contributed by atoms with E-state index in [0.717, 1.165) is 16.0 Å². The summed E-state index contributed by atoms with van der Waals surface area (Å²) in [4.78, 5) is 24.7. The van der Waals surface area contributed by atoms with Crippen molar-refractivity contribution < 1.29 is 14.0 Å². The molecule has 0 bridgehead atoms. The van der Waals surface area contributed by atoms with Gasteiger partial charge in [0.2, 0.25) is 5.91 Å². The fourth-order valence-electron chi connectivity index (χ4n) is 2.64. The highest BCUT2D eigenvalue weighted by molar-refractivity contribution is 7.10. The zero-order valence-electron chi connectivity index (χ0n) is 14.7. The van der Waals surface area contributed by atoms with Crippen LogP contribution >= 0.6 is 11.3 Å². The molecule has 27 heavy (non-hydrogen) atoms. The summed E-state index contributed by atoms with van der Waals surface area (Å²) in [6, 6.07) is 16.7. The average Bonchev–Trinajstić information content (AvgIpc) is 3.20. The number of carbonyl (C=O) groups excluding carboxylic acids is 2. The number of halogens is 1. The zero-order valence-corrected chi connectivity index (χ0v) is 15.6. The molecule has 0 saturated carbocycles. The summed E-state index contributed by atoms with van der Waals surface area (Å²) in [5.74, 6) is -0.636. The lowest BCUT2D eigenvalue weighted by molar-refractivity contribution is -0.119. The Morgan fingerprint density at radius 3 is 2.33 bits per heavy atom. The molecule has 0 saturated heterocycles. The molecular weight excluding hydrogens is 363 g/mol. The third-order valence-electron chi connectivity index (χ3n) is 4.06. The van der Waals surface area contributed by atoms with E-state index in [2.05, 4.69) is 10.6 Å². The van der Waals surface area contributed by atoms with Gasteiger partial charge in [-0.05, 0) is 46.8 Å². The smallest absolute Gasteiger partial charge is 0.252 e. The van der Waals surface area contributed by atoms with Crippen molar-refractivity contribution in [2.45, 2.75) is 19.5 Å². The second-order valence-electron chi connectivity index (χ2n) is 6.08. The molecule has 3 aromatic rings. The first kappa shape index (κ1) is 18.8. The quantitative estimate of drug-likeness (QED) is 0.676. The van der Waals surface area contributed by atoms with Gasteiger partial charge in [-0.1, -0.05) is 30.3 Å². The van der Waals surface area contributed by atoms with Crippen LogP contribution in [0.25, 0.3) is 0 Å². The van der Waals surface area contributed by atoms with E-state index in [4.69, 9.17) is 0 Å². The molecule has 2 aromatic carbocycles. The Bertz CT molecular complexity index is 906. The molecule has 1 atom stereocenters. The lowest BCUT2D eigenvalue weighted by Gasteiger charge is -2.18. The normalized spacial score (nSPS) is 11.6. The molecule has 0 aliphatic heterocycles. The summed E-state index contributed by atoms with van der Waals surface area (Å²) >= 11 is 1.53. The van der Waals surface area contributed by atoms with Crippen molar-refractivity contribution in [3.8, 4) is 0 Å². The van der Waals surface area contributed by atoms with Crippen molar-refractivity contribution in [1.82, 2.24) is 10.6 Å². The molecular formula is C21H19FN2O2S. The van der Waals surface area contributed by atoms with Gasteiger partial charge in [-0.2, -0.15) is 0 Å². The summed E-state index contributed by atoms with van der Waals surface area (Å²) < 4.78 is 13.3. The minimum Gasteiger partial charge on any atom is -0.352 e. The van der Waals surface area contributed by atoms with Gasteiger partial charge in [0.15, 0.2) is 0 Å². The first-order valence-corrected chi connectivity index (χ1v) is 9.34. The van der Waals surface area contributed by atoms with Crippen molar-refractivity contribution in [2.75, 3.05) is 0 Å². The maximum absolute atomic E-state index is 13.3. The molecule has 0 aliphatic carbocycles. The second kappa shape index (κ2) is 8.60. The topological polar surface area (TPSA) is 58.2 Å². The van der Waals surface area contributed by atoms with Crippen LogP contribution in [0.1, 0.15) is 39.3 Å². The Morgan fingerprint density at radius 2 is 1.74 bits per heavy atom. The number of hydrogen-bond donors (Lipinski definition) is 2. The van der Waals surface area contributed by atoms with Gasteiger partial charge in [-0.25, -0.2) is 4.39 Å². The predicted molar refractivity (Wildman–Crippen MR) is 104 cm³/mol. The van der Waals surface area contributed by atoms with Crippen LogP contribution in [0.4, 0.5) is 4.39 Å². The molecule has 1 heterocycles. The van der Waals surface area contributed by atoms with Crippen LogP contribution in [-0.2, 0) is 11.3 Å². The van der Waals surface area contributed by atoms with Crippen LogP contribution in [-0.4, -0.2) is 11.8 Å². The Kier molecular flexibility index (Phi) is 5.98. The number of nitrogens with one attached hydrogen (secondary N) is 2. The molecule has 1 aromatic heterocycles. The van der Waals surface area contributed by atoms with Gasteiger partial charge < -0.3 is 10.6 Å². The fourth-order valence-corrected chi connectivity index (χ4v) is 3.45. The summed E-state index contributed by atoms with van der Waals surface area (Å²) in [5.41, 5.74) is 2.25. The van der Waals surface area contributed by atoms with Crippen LogP contribution in [0.2, 0.25) is 0 Å². The molecule has 0 fully saturated rings. The first-order valence-electron chi connectivity index (χ1n) is 8.46. The van der Waals surface area contributed by atoms with E-state index in [0.29, 0.717) is 12.1 Å². The van der Waals surface area contributed by atoms with Gasteiger partial charge in [0.1, 0.15) is 5.82 Å². The zero-order chi connectivity index (χ0) is 19.2. The lowest BCUT2D eigenvalue weighted by atomic mass is 10.0. The minimum atomic E-state index is -0.350. The van der Waals surface area contributed by atoms with Crippen molar-refractivity contribution in [3.05, 3.63) is 93.4 Å². The van der Waals surface area contributed by atoms with Crippen LogP contribution in [0.3, 0.4) is 0 Å². The average molecular weight is 382 g/mol. The summed E-state index contributed by atoms with van der Waals surface area (Å²) in [6.07, 6.45) is 0. The Labute approximate surface area is 161 Å². The van der Waals surface area contributed by atoms with E-state index in [1.807, 2.05) is 29.6 Å². The number of amides is 2. The molecule has 2 amide bonds. The number of rotatable bonds is 6. The predicted octanol–water partition coefficient (Wildman–Crippen LogP) is 4.04. The number of benzene rings is 2. The van der Waals surface area contributed by atoms with Crippen molar-refractivity contribution >= 4 is 23.2 Å². The molecule has 138 valence electrons. The maximum atomic E-state index is 13.3. The van der Waals surface area contributed by atoms with Gasteiger partial charge in [-0.15, -0.1) is 11.3 Å². The van der Waals surface area contributed by atoms with E-state index in [1.54, 1.807) is 24.3 Å². The summed E-state index contributed by atoms with van der Waals surface area (Å²) in [6.45, 7) is 1.88. The summed E-state index contributed by atoms with van der Waals surface area (Å²) in [5, 5.41) is 7.68. The monoisotopic (exact) mass is 382 g/mol. The highest BCUT2D eigenvalue weighted by atomic mass is 32.1. The largest absolute Gasteiger partial charge is 0.352 e. The van der Waals surface area contributed by atoms with Crippen molar-refractivity contribution in [2.24, 2.45) is 0 Å². The van der Waals surface area contributed by atoms with Crippen LogP contribution in [0, 0.1) is 5.82 Å². The Morgan fingerprint density at radius 1 is 1.04 bits per heavy atom. The SMILES string of the molecule is CC(=O)NCc1ccc(C(=O)NC(c2ccc(F)cc2)c2cccs2)cc1. The van der Waals surface area contributed by atoms with Gasteiger partial charge in [0.05, 0.1) is 6.04 Å². The van der Waals surface area contributed by atoms with E-state index in [-0.39, 0.29) is 23.7 Å². The molecule has 4 nitrogen and oxygen atoms in total. The van der Waals surface area contributed by atoms with E-state index < -0.39 is 0 Å². The third-order valence-corrected chi connectivity index (χ3v) is 5.00. The second-order valence-corrected chi connectivity index (χ2v) is 7.06. The maximum Gasteiger partial charge on any atom is 0.252 e. The Hall–Kier alpha value is -2.99. The lowest BCUT2D eigenvalue weighted by Crippen LogP contribution is -2.28. The highest BCUT2D eigenvalue weighted by Crippen LogP contribution is 2.26. The van der Waals surface area contributed by atoms with E-state index in [9.17, 15) is 14.0 Å². The standard InChI is InChI=1S/C21H19FN2O2S/c1-14(25)23-13-15-4-6-17(7-5-15)21(26)24-20(19-3-2-12-27-19)16-8-10-18(22)11-9-16/h2-12,20H,13H2,1H3,(H,23,25)(H,24,26). The molecule has 0 spiro atoms. The van der Waals surface area contributed by atoms with Gasteiger partial charge >= 0.3 is 0 Å².